The minimum atomic E-state index is 0. The van der Waals surface area contributed by atoms with E-state index in [2.05, 4.69) is 16.9 Å². The Kier molecular flexibility index (Phi) is 6.55. The first kappa shape index (κ1) is 17.9. The molecule has 6 heteroatoms. The molecule has 1 aromatic carbocycles. The third-order valence-electron chi connectivity index (χ3n) is 3.56. The molecule has 0 atom stereocenters. The maximum absolute atomic E-state index is 5.86. The summed E-state index contributed by atoms with van der Waals surface area (Å²) in [7, 11) is 2.12. The fourth-order valence-corrected chi connectivity index (χ4v) is 2.50. The number of aromatic nitrogens is 2. The van der Waals surface area contributed by atoms with Crippen LogP contribution >= 0.6 is 24.8 Å². The molecule has 2 N–H and O–H groups in total. The lowest BCUT2D eigenvalue weighted by atomic mass is 10.0. The van der Waals surface area contributed by atoms with Gasteiger partial charge in [0.25, 0.3) is 0 Å². The number of halogens is 2. The van der Waals surface area contributed by atoms with Crippen LogP contribution in [0.4, 0.5) is 0 Å². The van der Waals surface area contributed by atoms with Gasteiger partial charge in [0.2, 0.25) is 0 Å². The highest BCUT2D eigenvalue weighted by molar-refractivity contribution is 5.85. The van der Waals surface area contributed by atoms with Crippen LogP contribution in [0.3, 0.4) is 0 Å². The number of benzene rings is 1. The van der Waals surface area contributed by atoms with Crippen molar-refractivity contribution in [1.29, 1.82) is 0 Å². The van der Waals surface area contributed by atoms with E-state index >= 15 is 0 Å². The van der Waals surface area contributed by atoms with Crippen LogP contribution in [-0.4, -0.2) is 28.5 Å². The Morgan fingerprint density at radius 2 is 1.86 bits per heavy atom. The van der Waals surface area contributed by atoms with Crippen LogP contribution in [-0.2, 0) is 19.5 Å². The van der Waals surface area contributed by atoms with Crippen LogP contribution in [0.5, 0.6) is 0 Å². The fourth-order valence-electron chi connectivity index (χ4n) is 2.50. The summed E-state index contributed by atoms with van der Waals surface area (Å²) in [5.74, 6) is 0.796. The average Bonchev–Trinajstić information content (AvgIpc) is 2.47. The molecule has 21 heavy (non-hydrogen) atoms. The highest BCUT2D eigenvalue weighted by atomic mass is 35.5. The molecular formula is C15H20Cl2N4. The first-order valence-electron chi connectivity index (χ1n) is 6.60. The molecule has 0 radical (unpaired) electrons. The normalized spacial score (nSPS) is 13.8. The van der Waals surface area contributed by atoms with Gasteiger partial charge in [-0.1, -0.05) is 30.3 Å². The second kappa shape index (κ2) is 7.71. The molecule has 1 aliphatic rings. The van der Waals surface area contributed by atoms with Crippen LogP contribution in [0.25, 0.3) is 11.4 Å². The van der Waals surface area contributed by atoms with E-state index in [9.17, 15) is 0 Å². The molecular weight excluding hydrogens is 307 g/mol. The summed E-state index contributed by atoms with van der Waals surface area (Å²) in [4.78, 5) is 11.7. The van der Waals surface area contributed by atoms with Crippen molar-refractivity contribution in [3.63, 3.8) is 0 Å². The number of nitrogens with zero attached hydrogens (tertiary/aromatic N) is 3. The lowest BCUT2D eigenvalue weighted by Gasteiger charge is -2.26. The Hall–Kier alpha value is -1.20. The minimum Gasteiger partial charge on any atom is -0.325 e. The van der Waals surface area contributed by atoms with Gasteiger partial charge in [-0.2, -0.15) is 0 Å². The van der Waals surface area contributed by atoms with Crippen LogP contribution in [0.15, 0.2) is 30.3 Å². The van der Waals surface area contributed by atoms with Crippen molar-refractivity contribution in [3.8, 4) is 11.4 Å². The van der Waals surface area contributed by atoms with E-state index in [4.69, 9.17) is 10.7 Å². The van der Waals surface area contributed by atoms with Crippen molar-refractivity contribution >= 4 is 24.8 Å². The van der Waals surface area contributed by atoms with Gasteiger partial charge in [-0.05, 0) is 7.05 Å². The first-order chi connectivity index (χ1) is 9.28. The SMILES string of the molecule is CN1CCc2nc(-c3ccccc3)nc(CN)c2C1.Cl.Cl. The zero-order chi connectivity index (χ0) is 13.2. The zero-order valence-electron chi connectivity index (χ0n) is 12.0. The van der Waals surface area contributed by atoms with Gasteiger partial charge in [0.1, 0.15) is 0 Å². The second-order valence-corrected chi connectivity index (χ2v) is 4.98. The predicted molar refractivity (Wildman–Crippen MR) is 89.9 cm³/mol. The van der Waals surface area contributed by atoms with Crippen molar-refractivity contribution < 1.29 is 0 Å². The Morgan fingerprint density at radius 1 is 1.14 bits per heavy atom. The van der Waals surface area contributed by atoms with Crippen LogP contribution in [0.1, 0.15) is 17.0 Å². The molecule has 1 aromatic heterocycles. The Labute approximate surface area is 137 Å². The number of hydrogen-bond donors (Lipinski definition) is 1. The lowest BCUT2D eigenvalue weighted by molar-refractivity contribution is 0.307. The van der Waals surface area contributed by atoms with Gasteiger partial charge in [-0.15, -0.1) is 24.8 Å². The van der Waals surface area contributed by atoms with Gasteiger partial charge >= 0.3 is 0 Å². The number of hydrogen-bond acceptors (Lipinski definition) is 4. The monoisotopic (exact) mass is 326 g/mol. The Balaban J connectivity index is 0.00000110. The van der Waals surface area contributed by atoms with Crippen molar-refractivity contribution in [3.05, 3.63) is 47.3 Å². The van der Waals surface area contributed by atoms with Gasteiger partial charge in [0.15, 0.2) is 5.82 Å². The molecule has 4 nitrogen and oxygen atoms in total. The summed E-state index contributed by atoms with van der Waals surface area (Å²) in [5.41, 5.74) is 10.3. The largest absolute Gasteiger partial charge is 0.325 e. The molecule has 0 bridgehead atoms. The smallest absolute Gasteiger partial charge is 0.159 e. The van der Waals surface area contributed by atoms with Crippen LogP contribution < -0.4 is 5.73 Å². The maximum atomic E-state index is 5.86. The van der Waals surface area contributed by atoms with Crippen molar-refractivity contribution in [2.45, 2.75) is 19.5 Å². The number of rotatable bonds is 2. The van der Waals surface area contributed by atoms with E-state index in [-0.39, 0.29) is 24.8 Å². The minimum absolute atomic E-state index is 0. The highest BCUT2D eigenvalue weighted by Crippen LogP contribution is 2.23. The Morgan fingerprint density at radius 3 is 2.52 bits per heavy atom. The average molecular weight is 327 g/mol. The molecule has 0 fully saturated rings. The standard InChI is InChI=1S/C15H18N4.2ClH/c1-19-8-7-13-12(10-19)14(9-16)18-15(17-13)11-5-3-2-4-6-11;;/h2-6H,7-10,16H2,1H3;2*1H. The van der Waals surface area contributed by atoms with E-state index in [1.165, 1.54) is 5.56 Å². The van der Waals surface area contributed by atoms with E-state index < -0.39 is 0 Å². The molecule has 0 amide bonds. The summed E-state index contributed by atoms with van der Waals surface area (Å²) in [6, 6.07) is 10.1. The van der Waals surface area contributed by atoms with E-state index in [0.29, 0.717) is 6.54 Å². The van der Waals surface area contributed by atoms with E-state index in [1.54, 1.807) is 0 Å². The van der Waals surface area contributed by atoms with Crippen molar-refractivity contribution in [2.75, 3.05) is 13.6 Å². The summed E-state index contributed by atoms with van der Waals surface area (Å²) in [6.07, 6.45) is 0.973. The van der Waals surface area contributed by atoms with Crippen molar-refractivity contribution in [1.82, 2.24) is 14.9 Å². The molecule has 0 saturated heterocycles. The highest BCUT2D eigenvalue weighted by Gasteiger charge is 2.20. The summed E-state index contributed by atoms with van der Waals surface area (Å²) in [5, 5.41) is 0. The number of likely N-dealkylation sites (N-methyl/N-ethyl adjacent to an activating group) is 1. The third-order valence-corrected chi connectivity index (χ3v) is 3.56. The molecule has 1 aliphatic heterocycles. The zero-order valence-corrected chi connectivity index (χ0v) is 13.6. The van der Waals surface area contributed by atoms with E-state index in [0.717, 1.165) is 42.3 Å². The van der Waals surface area contributed by atoms with Crippen LogP contribution in [0.2, 0.25) is 0 Å². The van der Waals surface area contributed by atoms with E-state index in [1.807, 2.05) is 30.3 Å². The predicted octanol–water partition coefficient (Wildman–Crippen LogP) is 2.43. The lowest BCUT2D eigenvalue weighted by Crippen LogP contribution is -2.29. The van der Waals surface area contributed by atoms with Gasteiger partial charge in [0, 0.05) is 37.2 Å². The molecule has 2 aromatic rings. The summed E-state index contributed by atoms with van der Waals surface area (Å²) < 4.78 is 0. The fraction of sp³-hybridized carbons (Fsp3) is 0.333. The van der Waals surface area contributed by atoms with Gasteiger partial charge in [0.05, 0.1) is 11.4 Å². The second-order valence-electron chi connectivity index (χ2n) is 4.98. The number of fused-ring (bicyclic) bond motifs is 1. The van der Waals surface area contributed by atoms with Crippen LogP contribution in [0, 0.1) is 0 Å². The molecule has 0 spiro atoms. The summed E-state index contributed by atoms with van der Waals surface area (Å²) >= 11 is 0. The molecule has 0 saturated carbocycles. The molecule has 0 aliphatic carbocycles. The Bertz CT molecular complexity index is 572. The first-order valence-corrected chi connectivity index (χ1v) is 6.60. The van der Waals surface area contributed by atoms with Gasteiger partial charge in [-0.25, -0.2) is 9.97 Å². The third kappa shape index (κ3) is 3.71. The summed E-state index contributed by atoms with van der Waals surface area (Å²) in [6.45, 7) is 2.41. The molecule has 3 rings (SSSR count). The maximum Gasteiger partial charge on any atom is 0.159 e. The topological polar surface area (TPSA) is 55.0 Å². The van der Waals surface area contributed by atoms with Gasteiger partial charge < -0.3 is 10.6 Å². The molecule has 114 valence electrons. The van der Waals surface area contributed by atoms with Gasteiger partial charge in [-0.3, -0.25) is 0 Å². The van der Waals surface area contributed by atoms with Crippen molar-refractivity contribution in [2.24, 2.45) is 5.73 Å². The molecule has 0 unspecified atom stereocenters. The molecule has 2 heterocycles. The number of nitrogens with two attached hydrogens (primary N) is 1. The quantitative estimate of drug-likeness (QED) is 0.920.